The number of alkyl halides is 3. The summed E-state index contributed by atoms with van der Waals surface area (Å²) in [5, 5.41) is 0. The molecule has 3 nitrogen and oxygen atoms in total. The fourth-order valence-electron chi connectivity index (χ4n) is 1.46. The lowest BCUT2D eigenvalue weighted by Gasteiger charge is -2.21. The van der Waals surface area contributed by atoms with E-state index in [1.54, 1.807) is 0 Å². The van der Waals surface area contributed by atoms with Crippen molar-refractivity contribution in [3.05, 3.63) is 29.6 Å². The number of halogens is 6. The molecule has 0 atom stereocenters. The Morgan fingerprint density at radius 1 is 1.15 bits per heavy atom. The molecule has 1 aromatic rings. The van der Waals surface area contributed by atoms with Crippen LogP contribution in [0.25, 0.3) is 0 Å². The van der Waals surface area contributed by atoms with Gasteiger partial charge in [0.25, 0.3) is 6.43 Å². The number of rotatable bonds is 6. The van der Waals surface area contributed by atoms with E-state index in [0.29, 0.717) is 0 Å². The van der Waals surface area contributed by atoms with Gasteiger partial charge >= 0.3 is 0 Å². The van der Waals surface area contributed by atoms with Gasteiger partial charge in [-0.1, -0.05) is 0 Å². The van der Waals surface area contributed by atoms with Gasteiger partial charge < -0.3 is 0 Å². The third kappa shape index (κ3) is 3.80. The third-order valence-electron chi connectivity index (χ3n) is 2.24. The third-order valence-corrected chi connectivity index (χ3v) is 4.32. The largest absolute Gasteiger partial charge is 0.252 e. The van der Waals surface area contributed by atoms with Gasteiger partial charge in [-0.3, -0.25) is 0 Å². The number of benzene rings is 1. The van der Waals surface area contributed by atoms with Crippen LogP contribution in [-0.4, -0.2) is 38.1 Å². The molecule has 0 unspecified atom stereocenters. The van der Waals surface area contributed by atoms with Gasteiger partial charge in [0.1, 0.15) is 17.5 Å². The first-order valence-electron chi connectivity index (χ1n) is 5.19. The van der Waals surface area contributed by atoms with Crippen LogP contribution in [-0.2, 0) is 10.0 Å². The average Bonchev–Trinajstić information content (AvgIpc) is 2.25. The fraction of sp³-hybridized carbons (Fsp3) is 0.400. The van der Waals surface area contributed by atoms with E-state index in [-0.39, 0.29) is 22.3 Å². The zero-order valence-corrected chi connectivity index (χ0v) is 11.4. The van der Waals surface area contributed by atoms with Gasteiger partial charge in [0.15, 0.2) is 4.90 Å². The Labute approximate surface area is 117 Å². The monoisotopic (exact) mass is 337 g/mol. The maximum Gasteiger partial charge on any atom is 0.252 e. The first-order valence-corrected chi connectivity index (χ1v) is 7.16. The number of hydrogen-bond acceptors (Lipinski definition) is 2. The van der Waals surface area contributed by atoms with Gasteiger partial charge in [0.2, 0.25) is 10.0 Å². The standard InChI is InChI=1S/C10H9ClF5NO2S/c11-1-2-17(5-9(15)16)20(18,19)10-7(13)3-6(12)4-8(10)14/h3-4,9H,1-2,5H2. The molecule has 0 aliphatic rings. The molecule has 0 amide bonds. The van der Waals surface area contributed by atoms with Crippen molar-refractivity contribution >= 4 is 21.6 Å². The second-order valence-electron chi connectivity index (χ2n) is 3.64. The quantitative estimate of drug-likeness (QED) is 0.591. The Kier molecular flexibility index (Phi) is 5.72. The first-order chi connectivity index (χ1) is 9.20. The Morgan fingerprint density at radius 2 is 1.65 bits per heavy atom. The summed E-state index contributed by atoms with van der Waals surface area (Å²) in [5.41, 5.74) is 0. The molecule has 0 saturated carbocycles. The van der Waals surface area contributed by atoms with E-state index >= 15 is 0 Å². The molecule has 0 heterocycles. The van der Waals surface area contributed by atoms with Crippen LogP contribution >= 0.6 is 11.6 Å². The predicted octanol–water partition coefficient (Wildman–Crippen LogP) is 2.60. The van der Waals surface area contributed by atoms with Crippen molar-refractivity contribution in [3.8, 4) is 0 Å². The summed E-state index contributed by atoms with van der Waals surface area (Å²) in [7, 11) is -4.88. The van der Waals surface area contributed by atoms with E-state index in [0.717, 1.165) is 0 Å². The van der Waals surface area contributed by atoms with Crippen LogP contribution in [0.15, 0.2) is 17.0 Å². The summed E-state index contributed by atoms with van der Waals surface area (Å²) in [6.07, 6.45) is -3.06. The van der Waals surface area contributed by atoms with Gasteiger partial charge in [-0.15, -0.1) is 11.6 Å². The predicted molar refractivity (Wildman–Crippen MR) is 61.8 cm³/mol. The van der Waals surface area contributed by atoms with Crippen LogP contribution in [0.4, 0.5) is 22.0 Å². The van der Waals surface area contributed by atoms with Crippen molar-refractivity contribution in [2.45, 2.75) is 11.3 Å². The molecule has 0 N–H and O–H groups in total. The molecule has 0 radical (unpaired) electrons. The average molecular weight is 338 g/mol. The van der Waals surface area contributed by atoms with E-state index in [1.165, 1.54) is 0 Å². The summed E-state index contributed by atoms with van der Waals surface area (Å²) >= 11 is 5.28. The maximum absolute atomic E-state index is 13.4. The van der Waals surface area contributed by atoms with Gasteiger partial charge in [-0.05, 0) is 0 Å². The molecule has 0 spiro atoms. The Bertz CT molecular complexity index is 558. The SMILES string of the molecule is O=S(=O)(c1c(F)cc(F)cc1F)N(CCCl)CC(F)F. The van der Waals surface area contributed by atoms with Crippen molar-refractivity contribution in [2.75, 3.05) is 19.0 Å². The second-order valence-corrected chi connectivity index (χ2v) is 5.89. The Hall–Kier alpha value is -0.930. The molecule has 0 aliphatic heterocycles. The lowest BCUT2D eigenvalue weighted by molar-refractivity contribution is 0.121. The van der Waals surface area contributed by atoms with E-state index in [2.05, 4.69) is 0 Å². The smallest absolute Gasteiger partial charge is 0.209 e. The van der Waals surface area contributed by atoms with Crippen molar-refractivity contribution in [1.82, 2.24) is 4.31 Å². The lowest BCUT2D eigenvalue weighted by atomic mass is 10.3. The second kappa shape index (κ2) is 6.68. The molecule has 1 rings (SSSR count). The molecule has 114 valence electrons. The Balaban J connectivity index is 3.33. The molecule has 0 fully saturated rings. The lowest BCUT2D eigenvalue weighted by Crippen LogP contribution is -2.37. The first kappa shape index (κ1) is 17.1. The molecule has 1 aromatic carbocycles. The molecule has 0 aliphatic carbocycles. The van der Waals surface area contributed by atoms with Crippen LogP contribution in [0, 0.1) is 17.5 Å². The van der Waals surface area contributed by atoms with Gasteiger partial charge in [-0.2, -0.15) is 4.31 Å². The molecular weight excluding hydrogens is 329 g/mol. The van der Waals surface area contributed by atoms with Crippen molar-refractivity contribution in [3.63, 3.8) is 0 Å². The molecule has 20 heavy (non-hydrogen) atoms. The highest BCUT2D eigenvalue weighted by Gasteiger charge is 2.32. The van der Waals surface area contributed by atoms with Crippen molar-refractivity contribution < 1.29 is 30.4 Å². The highest BCUT2D eigenvalue weighted by Crippen LogP contribution is 2.24. The van der Waals surface area contributed by atoms with Crippen LogP contribution in [0.3, 0.4) is 0 Å². The molecule has 0 aromatic heterocycles. The summed E-state index contributed by atoms with van der Waals surface area (Å²) in [4.78, 5) is -1.48. The van der Waals surface area contributed by atoms with E-state index in [9.17, 15) is 30.4 Å². The highest BCUT2D eigenvalue weighted by molar-refractivity contribution is 7.89. The summed E-state index contributed by atoms with van der Waals surface area (Å²) in [6, 6.07) is 0.300. The zero-order valence-electron chi connectivity index (χ0n) is 9.79. The minimum Gasteiger partial charge on any atom is -0.209 e. The van der Waals surface area contributed by atoms with Gasteiger partial charge in [0, 0.05) is 24.6 Å². The minimum atomic E-state index is -4.88. The topological polar surface area (TPSA) is 37.4 Å². The maximum atomic E-state index is 13.4. The highest BCUT2D eigenvalue weighted by atomic mass is 35.5. The molecule has 0 bridgehead atoms. The van der Waals surface area contributed by atoms with Crippen LogP contribution < -0.4 is 0 Å². The van der Waals surface area contributed by atoms with Crippen LogP contribution in [0.5, 0.6) is 0 Å². The summed E-state index contributed by atoms with van der Waals surface area (Å²) in [6.45, 7) is -1.84. The summed E-state index contributed by atoms with van der Waals surface area (Å²) in [5.74, 6) is -5.07. The van der Waals surface area contributed by atoms with E-state index < -0.39 is 51.9 Å². The van der Waals surface area contributed by atoms with E-state index in [1.807, 2.05) is 0 Å². The van der Waals surface area contributed by atoms with Crippen LogP contribution in [0.1, 0.15) is 0 Å². The van der Waals surface area contributed by atoms with E-state index in [4.69, 9.17) is 11.6 Å². The Morgan fingerprint density at radius 3 is 2.05 bits per heavy atom. The number of sulfonamides is 1. The number of hydrogen-bond donors (Lipinski definition) is 0. The number of nitrogens with zero attached hydrogens (tertiary/aromatic N) is 1. The van der Waals surface area contributed by atoms with Crippen molar-refractivity contribution in [2.24, 2.45) is 0 Å². The molecule has 0 saturated heterocycles. The molecule has 10 heteroatoms. The van der Waals surface area contributed by atoms with Gasteiger partial charge in [-0.25, -0.2) is 30.4 Å². The van der Waals surface area contributed by atoms with Gasteiger partial charge in [0.05, 0.1) is 6.54 Å². The molecular formula is C10H9ClF5NO2S. The van der Waals surface area contributed by atoms with Crippen LogP contribution in [0.2, 0.25) is 0 Å². The zero-order chi connectivity index (χ0) is 15.5. The summed E-state index contributed by atoms with van der Waals surface area (Å²) < 4.78 is 88.3. The fourth-order valence-corrected chi connectivity index (χ4v) is 3.28. The minimum absolute atomic E-state index is 0.143. The van der Waals surface area contributed by atoms with Crippen molar-refractivity contribution in [1.29, 1.82) is 0 Å². The normalized spacial score (nSPS) is 12.4.